The van der Waals surface area contributed by atoms with Gasteiger partial charge in [-0.1, -0.05) is 19.9 Å². The molecule has 0 saturated carbocycles. The van der Waals surface area contributed by atoms with Crippen LogP contribution in [0.2, 0.25) is 0 Å². The summed E-state index contributed by atoms with van der Waals surface area (Å²) in [6.45, 7) is 8.26. The van der Waals surface area contributed by atoms with Crippen molar-refractivity contribution in [3.8, 4) is 5.75 Å². The second-order valence-corrected chi connectivity index (χ2v) is 9.01. The molecule has 2 aliphatic heterocycles. The van der Waals surface area contributed by atoms with Crippen LogP contribution in [-0.2, 0) is 16.0 Å². The molecule has 2 aliphatic rings. The van der Waals surface area contributed by atoms with E-state index in [-0.39, 0.29) is 35.1 Å². The maximum atomic E-state index is 12.1. The lowest BCUT2D eigenvalue weighted by atomic mass is 9.82. The number of quaternary nitrogens is 1. The number of carbonyl (C=O) groups is 2. The highest BCUT2D eigenvalue weighted by Crippen LogP contribution is 2.31. The molecule has 0 radical (unpaired) electrons. The number of hydrogen-bond donors (Lipinski definition) is 2. The van der Waals surface area contributed by atoms with E-state index in [1.807, 2.05) is 32.9 Å². The summed E-state index contributed by atoms with van der Waals surface area (Å²) in [6.07, 6.45) is 3.54. The molecule has 7 nitrogen and oxygen atoms in total. The van der Waals surface area contributed by atoms with E-state index in [0.29, 0.717) is 19.4 Å². The third-order valence-corrected chi connectivity index (χ3v) is 5.83. The Morgan fingerprint density at radius 2 is 1.93 bits per heavy atom. The molecule has 160 valence electrons. The van der Waals surface area contributed by atoms with Crippen LogP contribution >= 0.6 is 0 Å². The van der Waals surface area contributed by atoms with E-state index in [0.717, 1.165) is 43.7 Å². The van der Waals surface area contributed by atoms with Crippen molar-refractivity contribution in [2.45, 2.75) is 58.9 Å². The van der Waals surface area contributed by atoms with Crippen molar-refractivity contribution in [2.75, 3.05) is 26.4 Å². The molecule has 2 amide bonds. The fourth-order valence-corrected chi connectivity index (χ4v) is 4.00. The van der Waals surface area contributed by atoms with Crippen molar-refractivity contribution >= 4 is 11.8 Å². The fourth-order valence-electron chi connectivity index (χ4n) is 4.00. The number of ether oxygens (including phenoxy) is 1. The van der Waals surface area contributed by atoms with Gasteiger partial charge in [0.2, 0.25) is 18.5 Å². The zero-order valence-electron chi connectivity index (χ0n) is 17.8. The number of imide groups is 1. The van der Waals surface area contributed by atoms with Crippen LogP contribution in [0.25, 0.3) is 0 Å². The zero-order valence-corrected chi connectivity index (χ0v) is 17.8. The summed E-state index contributed by atoms with van der Waals surface area (Å²) in [5.74, 6) is 0.753. The van der Waals surface area contributed by atoms with Crippen molar-refractivity contribution in [1.29, 1.82) is 0 Å². The van der Waals surface area contributed by atoms with Gasteiger partial charge in [0.1, 0.15) is 11.8 Å². The first-order valence-corrected chi connectivity index (χ1v) is 10.6. The highest BCUT2D eigenvalue weighted by Gasteiger charge is 2.36. The van der Waals surface area contributed by atoms with Crippen LogP contribution < -0.4 is 15.1 Å². The quantitative estimate of drug-likeness (QED) is 0.391. The van der Waals surface area contributed by atoms with Crippen molar-refractivity contribution in [1.82, 2.24) is 10.2 Å². The molecule has 1 saturated heterocycles. The van der Waals surface area contributed by atoms with Gasteiger partial charge in [0.25, 0.3) is 0 Å². The topological polar surface area (TPSA) is 86.1 Å². The molecule has 1 aromatic carbocycles. The van der Waals surface area contributed by atoms with Gasteiger partial charge in [0, 0.05) is 19.4 Å². The molecule has 0 spiro atoms. The monoisotopic (exact) mass is 403 g/mol. The van der Waals surface area contributed by atoms with E-state index < -0.39 is 0 Å². The van der Waals surface area contributed by atoms with Crippen LogP contribution in [0.1, 0.15) is 63.6 Å². The normalized spacial score (nSPS) is 23.7. The van der Waals surface area contributed by atoms with Gasteiger partial charge in [-0.05, 0) is 62.4 Å². The molecule has 2 heterocycles. The molecule has 0 aromatic heterocycles. The summed E-state index contributed by atoms with van der Waals surface area (Å²) >= 11 is 0. The third kappa shape index (κ3) is 5.56. The molecule has 2 N–H and O–H groups in total. The minimum absolute atomic E-state index is 0.0372. The number of amides is 2. The molecule has 0 aliphatic carbocycles. The van der Waals surface area contributed by atoms with Gasteiger partial charge in [-0.15, -0.1) is 0 Å². The first kappa shape index (κ1) is 21.7. The lowest BCUT2D eigenvalue weighted by molar-refractivity contribution is -0.900. The number of nitrogens with one attached hydrogen (secondary N) is 2. The van der Waals surface area contributed by atoms with E-state index in [1.54, 1.807) is 0 Å². The predicted molar refractivity (Wildman–Crippen MR) is 110 cm³/mol. The summed E-state index contributed by atoms with van der Waals surface area (Å²) in [7, 11) is 0. The minimum Gasteiger partial charge on any atom is -0.631 e. The minimum atomic E-state index is -0.207. The first-order valence-electron chi connectivity index (χ1n) is 10.6. The Morgan fingerprint density at radius 1 is 1.21 bits per heavy atom. The summed E-state index contributed by atoms with van der Waals surface area (Å²) in [6, 6.07) is 6.01. The Labute approximate surface area is 173 Å². The van der Waals surface area contributed by atoms with Gasteiger partial charge in [-0.2, -0.15) is 0 Å². The van der Waals surface area contributed by atoms with E-state index in [4.69, 9.17) is 4.74 Å². The average Bonchev–Trinajstić information content (AvgIpc) is 2.65. The van der Waals surface area contributed by atoms with Crippen LogP contribution in [0.15, 0.2) is 18.2 Å². The Morgan fingerprint density at radius 3 is 2.66 bits per heavy atom. The van der Waals surface area contributed by atoms with Crippen molar-refractivity contribution in [3.05, 3.63) is 34.5 Å². The molecule has 0 bridgehead atoms. The number of benzene rings is 1. The van der Waals surface area contributed by atoms with Crippen LogP contribution in [-0.4, -0.2) is 43.1 Å². The number of nitrogens with zero attached hydrogens (tertiary/aromatic N) is 1. The Kier molecular flexibility index (Phi) is 6.93. The molecule has 2 unspecified atom stereocenters. The molecule has 7 heteroatoms. The Balaban J connectivity index is 1.33. The van der Waals surface area contributed by atoms with Crippen LogP contribution in [0, 0.1) is 10.6 Å². The van der Waals surface area contributed by atoms with Gasteiger partial charge in [0.15, 0.2) is 0 Å². The lowest BCUT2D eigenvalue weighted by Crippen LogP contribution is -3.08. The largest absolute Gasteiger partial charge is 0.631 e. The van der Waals surface area contributed by atoms with Gasteiger partial charge < -0.3 is 20.3 Å². The number of unbranched alkanes of at least 4 members (excludes halogenated alkanes) is 1. The number of rotatable bonds is 8. The molecule has 1 aromatic rings. The first-order chi connectivity index (χ1) is 13.8. The highest BCUT2D eigenvalue weighted by molar-refractivity contribution is 5.98. The van der Waals surface area contributed by atoms with E-state index in [1.165, 1.54) is 10.5 Å². The fraction of sp³-hybridized carbons (Fsp3) is 0.636. The van der Waals surface area contributed by atoms with Crippen LogP contribution in [0.3, 0.4) is 0 Å². The number of carbonyl (C=O) groups excluding carboxylic acids is 2. The molecular weight excluding hydrogens is 370 g/mol. The van der Waals surface area contributed by atoms with E-state index in [9.17, 15) is 14.8 Å². The molecular formula is C22H33N3O4. The Hall–Kier alpha value is -1.96. The van der Waals surface area contributed by atoms with Gasteiger partial charge >= 0.3 is 0 Å². The second-order valence-electron chi connectivity index (χ2n) is 9.01. The number of likely N-dealkylation sites (tertiary alicyclic amines) is 1. The summed E-state index contributed by atoms with van der Waals surface area (Å²) < 4.78 is 5.56. The van der Waals surface area contributed by atoms with Crippen LogP contribution in [0.5, 0.6) is 5.75 Å². The van der Waals surface area contributed by atoms with E-state index >= 15 is 0 Å². The lowest BCUT2D eigenvalue weighted by Gasteiger charge is -2.34. The summed E-state index contributed by atoms with van der Waals surface area (Å²) in [5, 5.41) is 15.3. The molecule has 2 atom stereocenters. The van der Waals surface area contributed by atoms with Gasteiger partial charge in [0.05, 0.1) is 5.56 Å². The van der Waals surface area contributed by atoms with Crippen molar-refractivity contribution < 1.29 is 19.4 Å². The Bertz CT molecular complexity index is 730. The van der Waals surface area contributed by atoms with E-state index in [2.05, 4.69) is 11.4 Å². The van der Waals surface area contributed by atoms with Crippen molar-refractivity contribution in [3.63, 3.8) is 0 Å². The van der Waals surface area contributed by atoms with Crippen LogP contribution in [0.4, 0.5) is 0 Å². The number of fused-ring (bicyclic) bond motifs is 1. The third-order valence-electron chi connectivity index (χ3n) is 5.83. The molecule has 3 rings (SSSR count). The average molecular weight is 404 g/mol. The summed E-state index contributed by atoms with van der Waals surface area (Å²) in [5.41, 5.74) is 1.95. The SMILES string of the molecule is CC1c2ccc(CCNCCCCN3C(=O)CC(C)(C)CC3=O)cc2OC[NH+]1[O-]. The predicted octanol–water partition coefficient (Wildman–Crippen LogP) is 1.57. The van der Waals surface area contributed by atoms with Crippen molar-refractivity contribution in [2.24, 2.45) is 5.41 Å². The zero-order chi connectivity index (χ0) is 21.0. The maximum absolute atomic E-state index is 12.1. The number of piperidine rings is 1. The number of hydroxylamine groups is 2. The smallest absolute Gasteiger partial charge is 0.229 e. The maximum Gasteiger partial charge on any atom is 0.229 e. The van der Waals surface area contributed by atoms with Gasteiger partial charge in [-0.3, -0.25) is 14.5 Å². The molecule has 29 heavy (non-hydrogen) atoms. The summed E-state index contributed by atoms with van der Waals surface area (Å²) in [4.78, 5) is 25.7. The second kappa shape index (κ2) is 9.24. The highest BCUT2D eigenvalue weighted by atomic mass is 16.6. The number of hydrogen-bond acceptors (Lipinski definition) is 5. The standard InChI is InChI=1S/C22H33N3O4/c1-16-18-7-6-17(12-19(18)29-15-25(16)28)8-10-23-9-4-5-11-24-20(26)13-22(2,3)14-21(24)27/h6-7,12,16,23,25H,4-5,8-11,13-15H2,1-3H3. The molecule has 1 fully saturated rings. The van der Waals surface area contributed by atoms with Gasteiger partial charge in [-0.25, -0.2) is 0 Å².